The van der Waals surface area contributed by atoms with Crippen LogP contribution in [0.4, 0.5) is 0 Å². The Morgan fingerprint density at radius 3 is 2.55 bits per heavy atom. The van der Waals surface area contributed by atoms with Gasteiger partial charge in [0.2, 0.25) is 0 Å². The third kappa shape index (κ3) is 5.41. The zero-order chi connectivity index (χ0) is 20.9. The molecule has 31 heavy (non-hydrogen) atoms. The lowest BCUT2D eigenvalue weighted by atomic mass is 10.0. The second-order valence-corrected chi connectivity index (χ2v) is 7.78. The van der Waals surface area contributed by atoms with E-state index < -0.39 is 6.10 Å². The van der Waals surface area contributed by atoms with Crippen LogP contribution in [0.25, 0.3) is 10.9 Å². The first kappa shape index (κ1) is 23.2. The van der Waals surface area contributed by atoms with Gasteiger partial charge in [-0.3, -0.25) is 0 Å². The molecule has 4 rings (SSSR count). The van der Waals surface area contributed by atoms with E-state index in [4.69, 9.17) is 16.3 Å². The fourth-order valence-corrected chi connectivity index (χ4v) is 4.02. The van der Waals surface area contributed by atoms with Gasteiger partial charge < -0.3 is 19.7 Å². The highest BCUT2D eigenvalue weighted by molar-refractivity contribution is 6.30. The molecule has 0 saturated carbocycles. The normalized spacial score (nSPS) is 12.9. The van der Waals surface area contributed by atoms with Gasteiger partial charge in [0, 0.05) is 28.7 Å². The molecule has 0 spiro atoms. The van der Waals surface area contributed by atoms with Crippen LogP contribution in [-0.2, 0) is 6.61 Å². The van der Waals surface area contributed by atoms with E-state index in [9.17, 15) is 5.11 Å². The monoisotopic (exact) mass is 456 g/mol. The quantitative estimate of drug-likeness (QED) is 0.369. The summed E-state index contributed by atoms with van der Waals surface area (Å²) in [5, 5.41) is 15.7. The summed E-state index contributed by atoms with van der Waals surface area (Å²) in [6.45, 7) is 0.959. The highest BCUT2D eigenvalue weighted by Gasteiger charge is 2.23. The van der Waals surface area contributed by atoms with Gasteiger partial charge in [-0.2, -0.15) is 0 Å². The van der Waals surface area contributed by atoms with Gasteiger partial charge in [-0.15, -0.1) is 12.4 Å². The number of halogens is 2. The van der Waals surface area contributed by atoms with Crippen LogP contribution in [0.5, 0.6) is 5.75 Å². The molecule has 0 amide bonds. The number of ether oxygens (including phenoxy) is 1. The predicted octanol–water partition coefficient (Wildman–Crippen LogP) is 5.47. The molecular weight excluding hydrogens is 431 g/mol. The first-order valence-corrected chi connectivity index (χ1v) is 10.4. The van der Waals surface area contributed by atoms with Gasteiger partial charge in [0.25, 0.3) is 0 Å². The van der Waals surface area contributed by atoms with Crippen molar-refractivity contribution in [3.63, 3.8) is 0 Å². The van der Waals surface area contributed by atoms with Crippen LogP contribution >= 0.6 is 24.0 Å². The van der Waals surface area contributed by atoms with Gasteiger partial charge in [0.05, 0.1) is 12.1 Å². The summed E-state index contributed by atoms with van der Waals surface area (Å²) in [6.07, 6.45) is 1.47. The summed E-state index contributed by atoms with van der Waals surface area (Å²) < 4.78 is 8.10. The van der Waals surface area contributed by atoms with Gasteiger partial charge in [0.15, 0.2) is 0 Å². The fourth-order valence-electron chi connectivity index (χ4n) is 3.81. The number of hydrogen-bond acceptors (Lipinski definition) is 3. The Labute approximate surface area is 193 Å². The summed E-state index contributed by atoms with van der Waals surface area (Å²) in [5.74, 6) is 0.798. The minimum absolute atomic E-state index is 0. The molecule has 4 nitrogen and oxygen atoms in total. The topological polar surface area (TPSA) is 46.4 Å². The predicted molar refractivity (Wildman–Crippen MR) is 129 cm³/mol. The second-order valence-electron chi connectivity index (χ2n) is 7.34. The highest BCUT2D eigenvalue weighted by atomic mass is 35.5. The van der Waals surface area contributed by atoms with Gasteiger partial charge in [-0.1, -0.05) is 54.1 Å². The van der Waals surface area contributed by atoms with Crippen LogP contribution in [0.1, 0.15) is 17.2 Å². The van der Waals surface area contributed by atoms with Crippen molar-refractivity contribution in [1.29, 1.82) is 0 Å². The van der Waals surface area contributed by atoms with E-state index in [1.807, 2.05) is 73.9 Å². The number of likely N-dealkylation sites (N-methyl/N-ethyl adjacent to an activating group) is 1. The van der Waals surface area contributed by atoms with Crippen LogP contribution < -0.4 is 10.1 Å². The van der Waals surface area contributed by atoms with E-state index in [2.05, 4.69) is 28.1 Å². The third-order valence-corrected chi connectivity index (χ3v) is 5.44. The first-order valence-electron chi connectivity index (χ1n) is 10.0. The molecule has 6 heteroatoms. The molecule has 2 N–H and O–H groups in total. The number of fused-ring (bicyclic) bond motifs is 1. The number of aliphatic hydroxyl groups is 1. The maximum atomic E-state index is 10.9. The van der Waals surface area contributed by atoms with Crippen molar-refractivity contribution in [2.75, 3.05) is 13.6 Å². The number of benzene rings is 3. The maximum Gasteiger partial charge on any atom is 0.120 e. The lowest BCUT2D eigenvalue weighted by Crippen LogP contribution is -2.33. The minimum atomic E-state index is -0.563. The molecule has 0 fully saturated rings. The van der Waals surface area contributed by atoms with Crippen molar-refractivity contribution >= 4 is 34.9 Å². The Bertz CT molecular complexity index is 1110. The number of aromatic nitrogens is 1. The molecule has 3 aromatic carbocycles. The van der Waals surface area contributed by atoms with E-state index in [0.29, 0.717) is 18.2 Å². The van der Waals surface area contributed by atoms with Crippen molar-refractivity contribution < 1.29 is 9.84 Å². The van der Waals surface area contributed by atoms with Gasteiger partial charge >= 0.3 is 0 Å². The average Bonchev–Trinajstić information content (AvgIpc) is 3.16. The molecule has 0 unspecified atom stereocenters. The van der Waals surface area contributed by atoms with Crippen LogP contribution in [0.2, 0.25) is 5.02 Å². The summed E-state index contributed by atoms with van der Waals surface area (Å²) in [7, 11) is 1.85. The zero-order valence-corrected chi connectivity index (χ0v) is 18.8. The summed E-state index contributed by atoms with van der Waals surface area (Å²) in [5.41, 5.74) is 3.15. The smallest absolute Gasteiger partial charge is 0.120 e. The molecule has 0 aliphatic carbocycles. The molecule has 0 aliphatic rings. The lowest BCUT2D eigenvalue weighted by Gasteiger charge is -2.26. The number of aliphatic hydroxyl groups excluding tert-OH is 1. The van der Waals surface area contributed by atoms with Crippen molar-refractivity contribution in [3.05, 3.63) is 101 Å². The molecule has 4 aromatic rings. The minimum Gasteiger partial charge on any atom is -0.489 e. The van der Waals surface area contributed by atoms with E-state index in [1.165, 1.54) is 0 Å². The molecule has 0 bridgehead atoms. The summed E-state index contributed by atoms with van der Waals surface area (Å²) in [6, 6.07) is 25.7. The van der Waals surface area contributed by atoms with E-state index >= 15 is 0 Å². The Morgan fingerprint density at radius 2 is 1.81 bits per heavy atom. The third-order valence-electron chi connectivity index (χ3n) is 5.20. The molecule has 0 radical (unpaired) electrons. The first-order chi connectivity index (χ1) is 14.7. The summed E-state index contributed by atoms with van der Waals surface area (Å²) in [4.78, 5) is 0. The van der Waals surface area contributed by atoms with E-state index in [0.717, 1.165) is 27.8 Å². The molecule has 1 aromatic heterocycles. The van der Waals surface area contributed by atoms with Gasteiger partial charge in [0.1, 0.15) is 12.4 Å². The number of hydrogen-bond donors (Lipinski definition) is 2. The fraction of sp³-hybridized carbons (Fsp3) is 0.200. The molecule has 0 saturated heterocycles. The number of nitrogens with zero attached hydrogens (tertiary/aromatic N) is 1. The van der Waals surface area contributed by atoms with E-state index in [1.54, 1.807) is 0 Å². The highest BCUT2D eigenvalue weighted by Crippen LogP contribution is 2.30. The Morgan fingerprint density at radius 1 is 1.00 bits per heavy atom. The Kier molecular flexibility index (Phi) is 7.99. The Balaban J connectivity index is 0.00000272. The van der Waals surface area contributed by atoms with Crippen LogP contribution in [0, 0.1) is 0 Å². The van der Waals surface area contributed by atoms with Gasteiger partial charge in [-0.05, 0) is 54.6 Å². The molecule has 1 heterocycles. The van der Waals surface area contributed by atoms with Gasteiger partial charge in [-0.25, -0.2) is 0 Å². The van der Waals surface area contributed by atoms with Crippen molar-refractivity contribution in [3.8, 4) is 5.75 Å². The number of nitrogens with one attached hydrogen (secondary N) is 1. The molecule has 2 atom stereocenters. The lowest BCUT2D eigenvalue weighted by molar-refractivity contribution is 0.132. The van der Waals surface area contributed by atoms with Crippen molar-refractivity contribution in [2.24, 2.45) is 0 Å². The summed E-state index contributed by atoms with van der Waals surface area (Å²) >= 11 is 6.05. The standard InChI is InChI=1S/C25H25ClN2O2.ClH/c1-27-16-24(29)25(19-7-3-2-4-8-19)28-13-12-20-15-22(10-11-23(20)28)30-17-18-6-5-9-21(26)14-18;/h2-15,24-25,27,29H,16-17H2,1H3;1H/t24-,25+;/m1./s1. The molecule has 0 aliphatic heterocycles. The van der Waals surface area contributed by atoms with Crippen LogP contribution in [0.3, 0.4) is 0 Å². The van der Waals surface area contributed by atoms with Crippen LogP contribution in [0.15, 0.2) is 85.1 Å². The maximum absolute atomic E-state index is 10.9. The zero-order valence-electron chi connectivity index (χ0n) is 17.2. The number of rotatable bonds is 8. The SMILES string of the molecule is CNC[C@@H](O)[C@H](c1ccccc1)n1ccc2cc(OCc3cccc(Cl)c3)ccc21.Cl. The molecule has 162 valence electrons. The average molecular weight is 457 g/mol. The van der Waals surface area contributed by atoms with Crippen molar-refractivity contribution in [1.82, 2.24) is 9.88 Å². The van der Waals surface area contributed by atoms with E-state index in [-0.39, 0.29) is 18.4 Å². The van der Waals surface area contributed by atoms with Crippen molar-refractivity contribution in [2.45, 2.75) is 18.8 Å². The molecular formula is C25H26Cl2N2O2. The largest absolute Gasteiger partial charge is 0.489 e. The van der Waals surface area contributed by atoms with Crippen LogP contribution in [-0.4, -0.2) is 29.4 Å². The second kappa shape index (κ2) is 10.7. The Hall–Kier alpha value is -2.50.